The standard InChI is InChI=1S/C27H18ClN3O/c28-21-14-6-4-11-18(21)26-29-25(17-9-2-1-3-10-17)30-27(31-26)20-13-8-16-23-24(20)19-12-5-7-15-22(19)32-23/h1-16,27H,(H,29,30,31). The molecule has 0 aliphatic carbocycles. The lowest BCUT2D eigenvalue weighted by Crippen LogP contribution is -2.33. The molecule has 5 aromatic rings. The Kier molecular flexibility index (Phi) is 4.51. The number of para-hydroxylation sites is 1. The van der Waals surface area contributed by atoms with E-state index in [1.54, 1.807) is 0 Å². The molecule has 0 saturated carbocycles. The number of hydrogen-bond donors (Lipinski definition) is 1. The van der Waals surface area contributed by atoms with Crippen molar-refractivity contribution in [3.8, 4) is 0 Å². The van der Waals surface area contributed by atoms with Crippen LogP contribution in [-0.2, 0) is 0 Å². The van der Waals surface area contributed by atoms with Crippen LogP contribution in [0.15, 0.2) is 111 Å². The van der Waals surface area contributed by atoms with Gasteiger partial charge in [-0.3, -0.25) is 0 Å². The van der Waals surface area contributed by atoms with Crippen molar-refractivity contribution >= 4 is 45.2 Å². The van der Waals surface area contributed by atoms with Crippen LogP contribution in [0, 0.1) is 0 Å². The van der Waals surface area contributed by atoms with Crippen LogP contribution in [0.3, 0.4) is 0 Å². The molecule has 0 radical (unpaired) electrons. The number of halogens is 1. The van der Waals surface area contributed by atoms with Crippen LogP contribution in [0.5, 0.6) is 0 Å². The fraction of sp³-hybridized carbons (Fsp3) is 0.0370. The maximum absolute atomic E-state index is 6.53. The fourth-order valence-corrected chi connectivity index (χ4v) is 4.37. The van der Waals surface area contributed by atoms with E-state index in [1.165, 1.54) is 0 Å². The van der Waals surface area contributed by atoms with Gasteiger partial charge in [0, 0.05) is 27.5 Å². The van der Waals surface area contributed by atoms with E-state index in [2.05, 4.69) is 17.4 Å². The van der Waals surface area contributed by atoms with E-state index >= 15 is 0 Å². The lowest BCUT2D eigenvalue weighted by molar-refractivity contribution is 0.662. The van der Waals surface area contributed by atoms with Gasteiger partial charge in [-0.25, -0.2) is 9.98 Å². The SMILES string of the molecule is Clc1ccccc1C1=NC(c2ccccc2)=NC(c2cccc3oc4ccccc4c23)N1. The van der Waals surface area contributed by atoms with Gasteiger partial charge in [-0.2, -0.15) is 0 Å². The van der Waals surface area contributed by atoms with Gasteiger partial charge in [0.2, 0.25) is 0 Å². The summed E-state index contributed by atoms with van der Waals surface area (Å²) in [4.78, 5) is 9.83. The van der Waals surface area contributed by atoms with E-state index in [4.69, 9.17) is 26.0 Å². The Hall–Kier alpha value is -3.89. The number of hydrogen-bond acceptors (Lipinski definition) is 4. The summed E-state index contributed by atoms with van der Waals surface area (Å²) in [5.74, 6) is 1.35. The molecular weight excluding hydrogens is 418 g/mol. The first-order valence-corrected chi connectivity index (χ1v) is 10.8. The van der Waals surface area contributed by atoms with E-state index in [0.29, 0.717) is 16.7 Å². The Labute approximate surface area is 189 Å². The van der Waals surface area contributed by atoms with Crippen LogP contribution in [-0.4, -0.2) is 11.7 Å². The van der Waals surface area contributed by atoms with Crippen molar-refractivity contribution in [3.63, 3.8) is 0 Å². The van der Waals surface area contributed by atoms with Gasteiger partial charge in [-0.05, 0) is 24.3 Å². The summed E-state index contributed by atoms with van der Waals surface area (Å²) in [5.41, 5.74) is 4.52. The van der Waals surface area contributed by atoms with Crippen molar-refractivity contribution in [2.75, 3.05) is 0 Å². The molecule has 1 aromatic heterocycles. The van der Waals surface area contributed by atoms with Crippen LogP contribution < -0.4 is 5.32 Å². The quantitative estimate of drug-likeness (QED) is 0.341. The van der Waals surface area contributed by atoms with Crippen LogP contribution >= 0.6 is 11.6 Å². The summed E-state index contributed by atoms with van der Waals surface area (Å²) in [6, 6.07) is 31.9. The smallest absolute Gasteiger partial charge is 0.159 e. The topological polar surface area (TPSA) is 49.9 Å². The van der Waals surface area contributed by atoms with Gasteiger partial charge in [0.15, 0.2) is 5.84 Å². The summed E-state index contributed by atoms with van der Waals surface area (Å²) >= 11 is 6.53. The second-order valence-corrected chi connectivity index (χ2v) is 8.03. The molecule has 0 bridgehead atoms. The zero-order chi connectivity index (χ0) is 21.5. The van der Waals surface area contributed by atoms with Crippen molar-refractivity contribution in [1.82, 2.24) is 5.32 Å². The molecule has 32 heavy (non-hydrogen) atoms. The average molecular weight is 436 g/mol. The predicted molar refractivity (Wildman–Crippen MR) is 131 cm³/mol. The zero-order valence-electron chi connectivity index (χ0n) is 17.0. The van der Waals surface area contributed by atoms with Crippen molar-refractivity contribution in [1.29, 1.82) is 0 Å². The van der Waals surface area contributed by atoms with Crippen molar-refractivity contribution in [2.45, 2.75) is 6.17 Å². The second kappa shape index (κ2) is 7.66. The number of aliphatic imine (C=N–C) groups is 2. The molecule has 1 aliphatic rings. The highest BCUT2D eigenvalue weighted by Crippen LogP contribution is 2.35. The number of amidine groups is 2. The maximum Gasteiger partial charge on any atom is 0.159 e. The Balaban J connectivity index is 1.56. The first-order chi connectivity index (χ1) is 15.8. The highest BCUT2D eigenvalue weighted by molar-refractivity contribution is 6.34. The third kappa shape index (κ3) is 3.17. The van der Waals surface area contributed by atoms with Crippen molar-refractivity contribution < 1.29 is 4.42 Å². The monoisotopic (exact) mass is 435 g/mol. The van der Waals surface area contributed by atoms with E-state index in [-0.39, 0.29) is 6.17 Å². The van der Waals surface area contributed by atoms with E-state index < -0.39 is 0 Å². The molecule has 4 aromatic carbocycles. The van der Waals surface area contributed by atoms with Gasteiger partial charge in [-0.15, -0.1) is 0 Å². The minimum atomic E-state index is -0.348. The molecule has 6 rings (SSSR count). The Morgan fingerprint density at radius 1 is 0.750 bits per heavy atom. The van der Waals surface area contributed by atoms with Crippen LogP contribution in [0.25, 0.3) is 21.9 Å². The highest BCUT2D eigenvalue weighted by atomic mass is 35.5. The largest absolute Gasteiger partial charge is 0.456 e. The molecular formula is C27H18ClN3O. The molecule has 0 spiro atoms. The highest BCUT2D eigenvalue weighted by Gasteiger charge is 2.25. The average Bonchev–Trinajstić information content (AvgIpc) is 3.23. The van der Waals surface area contributed by atoms with Gasteiger partial charge in [0.25, 0.3) is 0 Å². The van der Waals surface area contributed by atoms with Gasteiger partial charge in [0.05, 0.1) is 5.02 Å². The molecule has 0 saturated heterocycles. The summed E-state index contributed by atoms with van der Waals surface area (Å²) in [6.07, 6.45) is -0.348. The predicted octanol–water partition coefficient (Wildman–Crippen LogP) is 6.73. The van der Waals surface area contributed by atoms with Crippen LogP contribution in [0.1, 0.15) is 22.9 Å². The maximum atomic E-state index is 6.53. The number of fused-ring (bicyclic) bond motifs is 3. The molecule has 154 valence electrons. The summed E-state index contributed by atoms with van der Waals surface area (Å²) < 4.78 is 6.10. The van der Waals surface area contributed by atoms with Crippen molar-refractivity contribution in [2.24, 2.45) is 9.98 Å². The van der Waals surface area contributed by atoms with Gasteiger partial charge >= 0.3 is 0 Å². The molecule has 4 nitrogen and oxygen atoms in total. The number of nitrogens with one attached hydrogen (secondary N) is 1. The normalized spacial score (nSPS) is 16.0. The zero-order valence-corrected chi connectivity index (χ0v) is 17.8. The summed E-state index contributed by atoms with van der Waals surface area (Å²) in [6.45, 7) is 0. The van der Waals surface area contributed by atoms with Gasteiger partial charge in [0.1, 0.15) is 23.2 Å². The Morgan fingerprint density at radius 3 is 2.38 bits per heavy atom. The summed E-state index contributed by atoms with van der Waals surface area (Å²) in [5, 5.41) is 6.27. The molecule has 5 heteroatoms. The second-order valence-electron chi connectivity index (χ2n) is 7.62. The number of rotatable bonds is 3. The van der Waals surface area contributed by atoms with Crippen molar-refractivity contribution in [3.05, 3.63) is 119 Å². The fourth-order valence-electron chi connectivity index (χ4n) is 4.15. The minimum Gasteiger partial charge on any atom is -0.456 e. The molecule has 0 fully saturated rings. The first-order valence-electron chi connectivity index (χ1n) is 10.4. The third-order valence-corrected chi connectivity index (χ3v) is 5.96. The van der Waals surface area contributed by atoms with Crippen LogP contribution in [0.4, 0.5) is 0 Å². The lowest BCUT2D eigenvalue weighted by atomic mass is 10.0. The molecule has 1 unspecified atom stereocenters. The molecule has 1 atom stereocenters. The minimum absolute atomic E-state index is 0.348. The Bertz CT molecular complexity index is 1520. The molecule has 1 N–H and O–H groups in total. The number of benzene rings is 4. The lowest BCUT2D eigenvalue weighted by Gasteiger charge is -2.24. The molecule has 0 amide bonds. The third-order valence-electron chi connectivity index (χ3n) is 5.63. The van der Waals surface area contributed by atoms with E-state index in [0.717, 1.165) is 38.6 Å². The van der Waals surface area contributed by atoms with Gasteiger partial charge in [-0.1, -0.05) is 84.4 Å². The van der Waals surface area contributed by atoms with E-state index in [9.17, 15) is 0 Å². The number of furan rings is 1. The molecule has 2 heterocycles. The summed E-state index contributed by atoms with van der Waals surface area (Å²) in [7, 11) is 0. The number of nitrogens with zero attached hydrogens (tertiary/aromatic N) is 2. The Morgan fingerprint density at radius 2 is 1.50 bits per heavy atom. The van der Waals surface area contributed by atoms with Crippen LogP contribution in [0.2, 0.25) is 5.02 Å². The first kappa shape index (κ1) is 18.8. The molecule has 1 aliphatic heterocycles. The van der Waals surface area contributed by atoms with E-state index in [1.807, 2.05) is 84.9 Å². The van der Waals surface area contributed by atoms with Gasteiger partial charge < -0.3 is 9.73 Å².